The van der Waals surface area contributed by atoms with E-state index in [0.29, 0.717) is 35.6 Å². The molecule has 0 spiro atoms. The fourth-order valence-corrected chi connectivity index (χ4v) is 5.10. The fraction of sp³-hybridized carbons (Fsp3) is 0.400. The van der Waals surface area contributed by atoms with Gasteiger partial charge in [-0.3, -0.25) is 9.78 Å². The molecule has 0 saturated carbocycles. The number of amides is 1. The van der Waals surface area contributed by atoms with Crippen LogP contribution in [0.2, 0.25) is 10.2 Å². The molecule has 0 aliphatic carbocycles. The van der Waals surface area contributed by atoms with Crippen molar-refractivity contribution in [1.82, 2.24) is 24.4 Å². The highest BCUT2D eigenvalue weighted by Gasteiger charge is 2.34. The van der Waals surface area contributed by atoms with Gasteiger partial charge in [0.15, 0.2) is 5.65 Å². The number of nitrogens with zero attached hydrogens (tertiary/aromatic N) is 6. The van der Waals surface area contributed by atoms with Gasteiger partial charge < -0.3 is 9.80 Å². The van der Waals surface area contributed by atoms with Gasteiger partial charge in [0.25, 0.3) is 0 Å². The minimum atomic E-state index is -0.486. The van der Waals surface area contributed by atoms with Crippen molar-refractivity contribution in [3.63, 3.8) is 0 Å². The lowest BCUT2D eigenvalue weighted by Gasteiger charge is -2.45. The third-order valence-electron chi connectivity index (χ3n) is 6.33. The molecule has 1 amide bonds. The molecule has 184 valence electrons. The summed E-state index contributed by atoms with van der Waals surface area (Å²) in [6, 6.07) is 3.32. The van der Waals surface area contributed by atoms with Crippen molar-refractivity contribution in [2.45, 2.75) is 52.6 Å². The maximum Gasteiger partial charge on any atom is 0.355 e. The Kier molecular flexibility index (Phi) is 6.88. The van der Waals surface area contributed by atoms with E-state index in [-0.39, 0.29) is 34.1 Å². The van der Waals surface area contributed by atoms with E-state index in [1.807, 2.05) is 45.6 Å². The molecule has 1 saturated heterocycles. The molecule has 1 aliphatic heterocycles. The molecule has 3 aromatic rings. The molecule has 1 fully saturated rings. The van der Waals surface area contributed by atoms with E-state index in [0.717, 1.165) is 11.3 Å². The monoisotopic (exact) mass is 514 g/mol. The van der Waals surface area contributed by atoms with E-state index >= 15 is 0 Å². The first-order chi connectivity index (χ1) is 16.5. The highest BCUT2D eigenvalue weighted by Crippen LogP contribution is 2.34. The van der Waals surface area contributed by atoms with Crippen LogP contribution in [0.5, 0.6) is 0 Å². The quantitative estimate of drug-likeness (QED) is 0.375. The Morgan fingerprint density at radius 3 is 2.46 bits per heavy atom. The summed E-state index contributed by atoms with van der Waals surface area (Å²) in [6.07, 6.45) is 3.05. The summed E-state index contributed by atoms with van der Waals surface area (Å²) in [5.74, 6) is 0.400. The number of hydrogen-bond acceptors (Lipinski definition) is 6. The number of hydrogen-bond donors (Lipinski definition) is 0. The minimum absolute atomic E-state index is 0.0600. The molecule has 4 heterocycles. The first kappa shape index (κ1) is 25.1. The molecular weight excluding hydrogens is 487 g/mol. The van der Waals surface area contributed by atoms with Crippen LogP contribution in [0.4, 0.5) is 5.82 Å². The number of carbonyl (C=O) groups excluding carboxylic acids is 1. The van der Waals surface area contributed by atoms with Crippen LogP contribution in [0.3, 0.4) is 0 Å². The Labute approximate surface area is 214 Å². The van der Waals surface area contributed by atoms with Crippen molar-refractivity contribution in [2.75, 3.05) is 18.0 Å². The van der Waals surface area contributed by atoms with Gasteiger partial charge in [-0.15, -0.1) is 0 Å². The van der Waals surface area contributed by atoms with Gasteiger partial charge in [0, 0.05) is 31.4 Å². The predicted octanol–water partition coefficient (Wildman–Crippen LogP) is 4.53. The van der Waals surface area contributed by atoms with E-state index in [1.165, 1.54) is 10.6 Å². The molecule has 1 aliphatic rings. The molecule has 35 heavy (non-hydrogen) atoms. The summed E-state index contributed by atoms with van der Waals surface area (Å²) in [7, 11) is 0. The zero-order chi connectivity index (χ0) is 25.6. The lowest BCUT2D eigenvalue weighted by Crippen LogP contribution is -2.58. The standard InChI is InChI=1S/C25H28Cl2N6O2/c1-7-19(34)31-11-15(5)32(16(6)12-31)24-17-10-18(26)22(27)29-23(17)33(25(35)30-24)21-14(4)8-9-28-20(21)13(2)3/h7-10,13,15-16H,1,11-12H2,2-6H3/t15-,16-/m1/s1. The Hall–Kier alpha value is -2.97. The summed E-state index contributed by atoms with van der Waals surface area (Å²) in [4.78, 5) is 43.3. The van der Waals surface area contributed by atoms with Crippen LogP contribution in [-0.4, -0.2) is 55.5 Å². The van der Waals surface area contributed by atoms with Gasteiger partial charge in [0.05, 0.1) is 21.8 Å². The average molecular weight is 515 g/mol. The van der Waals surface area contributed by atoms with Gasteiger partial charge in [0.1, 0.15) is 11.0 Å². The molecule has 0 radical (unpaired) electrons. The lowest BCUT2D eigenvalue weighted by molar-refractivity contribution is -0.127. The first-order valence-corrected chi connectivity index (χ1v) is 12.2. The van der Waals surface area contributed by atoms with Crippen LogP contribution in [0.1, 0.15) is 44.9 Å². The third kappa shape index (κ3) is 4.41. The van der Waals surface area contributed by atoms with Crippen molar-refractivity contribution >= 4 is 46.0 Å². The largest absolute Gasteiger partial charge is 0.355 e. The molecule has 3 aromatic heterocycles. The van der Waals surface area contributed by atoms with Crippen LogP contribution in [0.25, 0.3) is 16.7 Å². The topological polar surface area (TPSA) is 84.2 Å². The molecule has 10 heteroatoms. The number of piperazine rings is 1. The number of rotatable bonds is 4. The van der Waals surface area contributed by atoms with Crippen molar-refractivity contribution < 1.29 is 4.79 Å². The Bertz CT molecular complexity index is 1370. The van der Waals surface area contributed by atoms with E-state index < -0.39 is 5.69 Å². The van der Waals surface area contributed by atoms with Crippen LogP contribution >= 0.6 is 23.2 Å². The molecule has 4 rings (SSSR count). The predicted molar refractivity (Wildman–Crippen MR) is 140 cm³/mol. The molecular formula is C25H28Cl2N6O2. The number of pyridine rings is 2. The molecule has 0 unspecified atom stereocenters. The average Bonchev–Trinajstić information content (AvgIpc) is 2.79. The molecule has 2 atom stereocenters. The van der Waals surface area contributed by atoms with Gasteiger partial charge >= 0.3 is 5.69 Å². The smallest absolute Gasteiger partial charge is 0.347 e. The second kappa shape index (κ2) is 9.59. The summed E-state index contributed by atoms with van der Waals surface area (Å²) < 4.78 is 1.48. The fourth-order valence-electron chi connectivity index (χ4n) is 4.82. The maximum atomic E-state index is 13.7. The third-order valence-corrected chi connectivity index (χ3v) is 7.01. The summed E-state index contributed by atoms with van der Waals surface area (Å²) in [5.41, 5.74) is 2.14. The summed E-state index contributed by atoms with van der Waals surface area (Å²) >= 11 is 12.7. The van der Waals surface area contributed by atoms with Gasteiger partial charge in [-0.1, -0.05) is 43.6 Å². The van der Waals surface area contributed by atoms with E-state index in [2.05, 4.69) is 21.5 Å². The summed E-state index contributed by atoms with van der Waals surface area (Å²) in [6.45, 7) is 14.5. The number of carbonyl (C=O) groups is 1. The Morgan fingerprint density at radius 1 is 1.20 bits per heavy atom. The number of anilines is 1. The zero-order valence-corrected chi connectivity index (χ0v) is 21.9. The van der Waals surface area contributed by atoms with Crippen LogP contribution in [-0.2, 0) is 4.79 Å². The number of fused-ring (bicyclic) bond motifs is 1. The van der Waals surface area contributed by atoms with Crippen molar-refractivity contribution in [2.24, 2.45) is 0 Å². The number of aromatic nitrogens is 4. The lowest BCUT2D eigenvalue weighted by atomic mass is 10.0. The Morgan fingerprint density at radius 2 is 1.86 bits per heavy atom. The maximum absolute atomic E-state index is 13.7. The van der Waals surface area contributed by atoms with Gasteiger partial charge in [-0.05, 0) is 50.5 Å². The molecule has 0 N–H and O–H groups in total. The molecule has 8 nitrogen and oxygen atoms in total. The van der Waals surface area contributed by atoms with E-state index in [1.54, 1.807) is 17.2 Å². The first-order valence-electron chi connectivity index (χ1n) is 11.5. The molecule has 0 aromatic carbocycles. The van der Waals surface area contributed by atoms with Gasteiger partial charge in [0.2, 0.25) is 5.91 Å². The highest BCUT2D eigenvalue weighted by atomic mass is 35.5. The molecule has 0 bridgehead atoms. The van der Waals surface area contributed by atoms with Crippen LogP contribution in [0, 0.1) is 6.92 Å². The SMILES string of the molecule is C=CC(=O)N1C[C@@H](C)N(c2nc(=O)n(-c3c(C)ccnc3C(C)C)c3nc(Cl)c(Cl)cc23)[C@H](C)C1. The van der Waals surface area contributed by atoms with Gasteiger partial charge in [-0.2, -0.15) is 4.98 Å². The van der Waals surface area contributed by atoms with Gasteiger partial charge in [-0.25, -0.2) is 14.3 Å². The normalized spacial score (nSPS) is 18.4. The van der Waals surface area contributed by atoms with E-state index in [9.17, 15) is 9.59 Å². The number of aryl methyl sites for hydroxylation is 1. The van der Waals surface area contributed by atoms with Crippen molar-refractivity contribution in [1.29, 1.82) is 0 Å². The zero-order valence-electron chi connectivity index (χ0n) is 20.4. The highest BCUT2D eigenvalue weighted by molar-refractivity contribution is 6.41. The van der Waals surface area contributed by atoms with Crippen LogP contribution < -0.4 is 10.6 Å². The second-order valence-electron chi connectivity index (χ2n) is 9.25. The summed E-state index contributed by atoms with van der Waals surface area (Å²) in [5, 5.41) is 0.957. The van der Waals surface area contributed by atoms with Crippen molar-refractivity contribution in [3.05, 3.63) is 62.9 Å². The second-order valence-corrected chi connectivity index (χ2v) is 10.0. The van der Waals surface area contributed by atoms with Crippen LogP contribution in [0.15, 0.2) is 35.8 Å². The Balaban J connectivity index is 2.00. The van der Waals surface area contributed by atoms with E-state index in [4.69, 9.17) is 23.2 Å². The van der Waals surface area contributed by atoms with Crippen molar-refractivity contribution in [3.8, 4) is 5.69 Å². The number of halogens is 2. The minimum Gasteiger partial charge on any atom is -0.347 e.